The van der Waals surface area contributed by atoms with Crippen LogP contribution in [0.2, 0.25) is 5.02 Å². The van der Waals surface area contributed by atoms with Crippen LogP contribution in [-0.2, 0) is 11.3 Å². The van der Waals surface area contributed by atoms with Gasteiger partial charge in [0.2, 0.25) is 0 Å². The van der Waals surface area contributed by atoms with E-state index in [1.54, 1.807) is 19.1 Å². The van der Waals surface area contributed by atoms with Gasteiger partial charge in [-0.3, -0.25) is 5.32 Å². The second-order valence-corrected chi connectivity index (χ2v) is 9.05. The number of hydrogen-bond donors (Lipinski definition) is 4. The Kier molecular flexibility index (Phi) is 8.04. The van der Waals surface area contributed by atoms with Crippen molar-refractivity contribution in [1.82, 2.24) is 15.6 Å². The summed E-state index contributed by atoms with van der Waals surface area (Å²) in [7, 11) is 0. The van der Waals surface area contributed by atoms with E-state index in [0.717, 1.165) is 42.1 Å². The standard InChI is InChI=1S/C26H32ClN3O3/c1-2-33-26(32)24-22(20-14-13-18(27)15-21(20)30-24)23(28-16-17-9-5-3-6-10-17)25(31)29-19-11-7-4-8-12-19/h3,5-6,9-10,13-15,19,23,25,28-31H,2,4,7-8,11-12,16H2,1H3. The van der Waals surface area contributed by atoms with Crippen LogP contribution in [0, 0.1) is 0 Å². The minimum Gasteiger partial charge on any atom is -0.461 e. The summed E-state index contributed by atoms with van der Waals surface area (Å²) < 4.78 is 5.34. The predicted octanol–water partition coefficient (Wildman–Crippen LogP) is 5.07. The lowest BCUT2D eigenvalue weighted by molar-refractivity contribution is 0.0508. The van der Waals surface area contributed by atoms with Crippen molar-refractivity contribution in [2.75, 3.05) is 6.61 Å². The molecule has 0 bridgehead atoms. The van der Waals surface area contributed by atoms with Crippen LogP contribution in [0.4, 0.5) is 0 Å². The Balaban J connectivity index is 1.72. The molecule has 6 nitrogen and oxygen atoms in total. The zero-order valence-corrected chi connectivity index (χ0v) is 19.7. The highest BCUT2D eigenvalue weighted by Gasteiger charge is 2.31. The molecule has 1 aliphatic rings. The van der Waals surface area contributed by atoms with Gasteiger partial charge >= 0.3 is 5.97 Å². The van der Waals surface area contributed by atoms with E-state index < -0.39 is 18.2 Å². The molecule has 1 aromatic heterocycles. The van der Waals surface area contributed by atoms with Gasteiger partial charge in [-0.1, -0.05) is 67.3 Å². The molecule has 3 aromatic rings. The van der Waals surface area contributed by atoms with Gasteiger partial charge in [-0.2, -0.15) is 0 Å². The average molecular weight is 470 g/mol. The Morgan fingerprint density at radius 2 is 1.94 bits per heavy atom. The van der Waals surface area contributed by atoms with E-state index in [9.17, 15) is 9.90 Å². The number of benzene rings is 2. The van der Waals surface area contributed by atoms with Crippen LogP contribution in [0.5, 0.6) is 0 Å². The highest BCUT2D eigenvalue weighted by Crippen LogP contribution is 2.33. The van der Waals surface area contributed by atoms with Crippen molar-refractivity contribution in [2.45, 2.75) is 63.9 Å². The largest absolute Gasteiger partial charge is 0.461 e. The summed E-state index contributed by atoms with van der Waals surface area (Å²) in [6.07, 6.45) is 4.74. The van der Waals surface area contributed by atoms with Gasteiger partial charge in [0.25, 0.3) is 0 Å². The number of halogens is 1. The summed E-state index contributed by atoms with van der Waals surface area (Å²) in [5, 5.41) is 19.7. The molecule has 7 heteroatoms. The van der Waals surface area contributed by atoms with Crippen molar-refractivity contribution in [3.8, 4) is 0 Å². The van der Waals surface area contributed by atoms with Crippen molar-refractivity contribution in [1.29, 1.82) is 0 Å². The zero-order valence-electron chi connectivity index (χ0n) is 18.9. The maximum atomic E-state index is 12.9. The number of carbonyl (C=O) groups is 1. The fourth-order valence-electron chi connectivity index (χ4n) is 4.68. The number of H-pyrrole nitrogens is 1. The van der Waals surface area contributed by atoms with Crippen molar-refractivity contribution >= 4 is 28.5 Å². The Bertz CT molecular complexity index is 1060. The Morgan fingerprint density at radius 3 is 2.67 bits per heavy atom. The van der Waals surface area contributed by atoms with E-state index in [4.69, 9.17) is 16.3 Å². The molecule has 4 rings (SSSR count). The number of carbonyl (C=O) groups excluding carboxylic acids is 1. The van der Waals surface area contributed by atoms with Gasteiger partial charge in [-0.05, 0) is 37.5 Å². The molecule has 0 radical (unpaired) electrons. The Labute approximate surface area is 199 Å². The van der Waals surface area contributed by atoms with Gasteiger partial charge in [0.05, 0.1) is 12.6 Å². The van der Waals surface area contributed by atoms with E-state index in [-0.39, 0.29) is 12.6 Å². The lowest BCUT2D eigenvalue weighted by atomic mass is 9.94. The van der Waals surface area contributed by atoms with Crippen LogP contribution in [-0.4, -0.2) is 34.9 Å². The first-order valence-electron chi connectivity index (χ1n) is 11.8. The normalized spacial score (nSPS) is 16.6. The first-order chi connectivity index (χ1) is 16.1. The number of aromatic amines is 1. The molecule has 0 aliphatic heterocycles. The molecule has 1 saturated carbocycles. The van der Waals surface area contributed by atoms with Gasteiger partial charge in [-0.25, -0.2) is 4.79 Å². The smallest absolute Gasteiger partial charge is 0.355 e. The molecule has 1 heterocycles. The third kappa shape index (κ3) is 5.76. The Morgan fingerprint density at radius 1 is 1.18 bits per heavy atom. The van der Waals surface area contributed by atoms with E-state index >= 15 is 0 Å². The van der Waals surface area contributed by atoms with Crippen molar-refractivity contribution < 1.29 is 14.6 Å². The highest BCUT2D eigenvalue weighted by atomic mass is 35.5. The molecule has 0 spiro atoms. The first-order valence-corrected chi connectivity index (χ1v) is 12.1. The number of ether oxygens (including phenoxy) is 1. The molecule has 2 atom stereocenters. The van der Waals surface area contributed by atoms with Gasteiger partial charge in [-0.15, -0.1) is 0 Å². The van der Waals surface area contributed by atoms with Gasteiger partial charge in [0, 0.05) is 34.1 Å². The molecule has 176 valence electrons. The maximum Gasteiger partial charge on any atom is 0.355 e. The second kappa shape index (κ2) is 11.2. The van der Waals surface area contributed by atoms with Crippen LogP contribution >= 0.6 is 11.6 Å². The number of fused-ring (bicyclic) bond motifs is 1. The fraction of sp³-hybridized carbons (Fsp3) is 0.423. The summed E-state index contributed by atoms with van der Waals surface area (Å²) in [4.78, 5) is 16.1. The van der Waals surface area contributed by atoms with Gasteiger partial charge in [0.1, 0.15) is 11.9 Å². The topological polar surface area (TPSA) is 86.4 Å². The summed E-state index contributed by atoms with van der Waals surface area (Å²) in [6, 6.07) is 15.2. The summed E-state index contributed by atoms with van der Waals surface area (Å²) in [5.74, 6) is -0.448. The number of aliphatic hydroxyl groups excluding tert-OH is 1. The van der Waals surface area contributed by atoms with Crippen molar-refractivity contribution in [3.05, 3.63) is 70.4 Å². The maximum absolute atomic E-state index is 12.9. The number of aliphatic hydroxyl groups is 1. The monoisotopic (exact) mass is 469 g/mol. The molecule has 0 amide bonds. The third-order valence-electron chi connectivity index (χ3n) is 6.29. The third-order valence-corrected chi connectivity index (χ3v) is 6.52. The zero-order chi connectivity index (χ0) is 23.2. The SMILES string of the molecule is CCOC(=O)c1[nH]c2cc(Cl)ccc2c1C(NCc1ccccc1)C(O)NC1CCCCC1. The Hall–Kier alpha value is -2.38. The van der Waals surface area contributed by atoms with Gasteiger partial charge in [0.15, 0.2) is 0 Å². The van der Waals surface area contributed by atoms with Crippen molar-refractivity contribution in [3.63, 3.8) is 0 Å². The molecule has 33 heavy (non-hydrogen) atoms. The van der Waals surface area contributed by atoms with Gasteiger partial charge < -0.3 is 20.1 Å². The van der Waals surface area contributed by atoms with Crippen LogP contribution in [0.3, 0.4) is 0 Å². The van der Waals surface area contributed by atoms with Crippen LogP contribution in [0.1, 0.15) is 66.7 Å². The average Bonchev–Trinajstić information content (AvgIpc) is 3.19. The number of aromatic nitrogens is 1. The van der Waals surface area contributed by atoms with E-state index in [1.807, 2.05) is 36.4 Å². The van der Waals surface area contributed by atoms with Crippen LogP contribution < -0.4 is 10.6 Å². The number of rotatable bonds is 9. The summed E-state index contributed by atoms with van der Waals surface area (Å²) >= 11 is 6.22. The molecule has 2 aromatic carbocycles. The van der Waals surface area contributed by atoms with E-state index in [2.05, 4.69) is 15.6 Å². The number of hydrogen-bond acceptors (Lipinski definition) is 5. The fourth-order valence-corrected chi connectivity index (χ4v) is 4.85. The first kappa shape index (κ1) is 23.8. The minimum atomic E-state index is -0.889. The van der Waals surface area contributed by atoms with Crippen molar-refractivity contribution in [2.24, 2.45) is 0 Å². The lowest BCUT2D eigenvalue weighted by Gasteiger charge is -2.31. The summed E-state index contributed by atoms with van der Waals surface area (Å²) in [6.45, 7) is 2.58. The molecule has 0 saturated heterocycles. The van der Waals surface area contributed by atoms with Crippen LogP contribution in [0.25, 0.3) is 10.9 Å². The molecular formula is C26H32ClN3O3. The number of esters is 1. The molecule has 1 fully saturated rings. The predicted molar refractivity (Wildman–Crippen MR) is 131 cm³/mol. The minimum absolute atomic E-state index is 0.250. The van der Waals surface area contributed by atoms with E-state index in [1.165, 1.54) is 6.42 Å². The van der Waals surface area contributed by atoms with E-state index in [0.29, 0.717) is 22.8 Å². The second-order valence-electron chi connectivity index (χ2n) is 8.61. The highest BCUT2D eigenvalue weighted by molar-refractivity contribution is 6.31. The van der Waals surface area contributed by atoms with Crippen LogP contribution in [0.15, 0.2) is 48.5 Å². The molecule has 2 unspecified atom stereocenters. The molecule has 4 N–H and O–H groups in total. The molecule has 1 aliphatic carbocycles. The number of nitrogens with one attached hydrogen (secondary N) is 3. The lowest BCUT2D eigenvalue weighted by Crippen LogP contribution is -2.47. The quantitative estimate of drug-likeness (QED) is 0.259. The molecular weight excluding hydrogens is 438 g/mol. The summed E-state index contributed by atoms with van der Waals surface area (Å²) in [5.41, 5.74) is 2.85.